The first kappa shape index (κ1) is 17.4. The molecule has 27 heavy (non-hydrogen) atoms. The minimum Gasteiger partial charge on any atom is -0.377 e. The van der Waals surface area contributed by atoms with Crippen LogP contribution in [0.25, 0.3) is 27.8 Å². The maximum Gasteiger partial charge on any atom is 0.212 e. The van der Waals surface area contributed by atoms with Crippen LogP contribution in [0.3, 0.4) is 0 Å². The zero-order chi connectivity index (χ0) is 19.1. The Hall–Kier alpha value is -3.04. The fourth-order valence-electron chi connectivity index (χ4n) is 3.05. The first-order valence-corrected chi connectivity index (χ1v) is 8.35. The van der Waals surface area contributed by atoms with Crippen molar-refractivity contribution in [3.8, 4) is 11.3 Å². The van der Waals surface area contributed by atoms with Crippen molar-refractivity contribution in [3.63, 3.8) is 0 Å². The van der Waals surface area contributed by atoms with E-state index in [-0.39, 0.29) is 5.02 Å². The van der Waals surface area contributed by atoms with Crippen molar-refractivity contribution < 1.29 is 13.9 Å². The maximum absolute atomic E-state index is 15.1. The Labute approximate surface area is 157 Å². The van der Waals surface area contributed by atoms with Gasteiger partial charge in [-0.15, -0.1) is 0 Å². The highest BCUT2D eigenvalue weighted by molar-refractivity contribution is 6.35. The van der Waals surface area contributed by atoms with Gasteiger partial charge in [-0.3, -0.25) is 14.9 Å². The van der Waals surface area contributed by atoms with Crippen molar-refractivity contribution in [2.75, 3.05) is 12.4 Å². The van der Waals surface area contributed by atoms with Crippen LogP contribution in [0.4, 0.5) is 10.2 Å². The summed E-state index contributed by atoms with van der Waals surface area (Å²) in [6.07, 6.45) is 6.38. The molecule has 10 heteroatoms. The molecule has 0 aliphatic heterocycles. The number of hydrogen-bond donors (Lipinski definition) is 2. The summed E-state index contributed by atoms with van der Waals surface area (Å²) in [5.41, 5.74) is 2.17. The summed E-state index contributed by atoms with van der Waals surface area (Å²) in [6.45, 7) is 1.73. The molecule has 138 valence electrons. The van der Waals surface area contributed by atoms with E-state index in [1.165, 1.54) is 13.3 Å². The number of benzene rings is 1. The van der Waals surface area contributed by atoms with E-state index in [1.54, 1.807) is 29.9 Å². The second-order valence-corrected chi connectivity index (χ2v) is 6.26. The number of anilines is 1. The van der Waals surface area contributed by atoms with Crippen LogP contribution in [0.5, 0.6) is 0 Å². The summed E-state index contributed by atoms with van der Waals surface area (Å²) in [5.74, 6) is -0.215. The Morgan fingerprint density at radius 2 is 2.22 bits per heavy atom. The molecule has 4 aromatic rings. The quantitative estimate of drug-likeness (QED) is 0.511. The number of halogens is 2. The molecule has 0 spiro atoms. The highest BCUT2D eigenvalue weighted by Crippen LogP contribution is 2.40. The summed E-state index contributed by atoms with van der Waals surface area (Å²) in [7, 11) is 1.49. The molecule has 1 aromatic carbocycles. The van der Waals surface area contributed by atoms with Crippen molar-refractivity contribution in [2.24, 2.45) is 0 Å². The van der Waals surface area contributed by atoms with Gasteiger partial charge >= 0.3 is 0 Å². The number of H-pyrrole nitrogens is 1. The van der Waals surface area contributed by atoms with Crippen molar-refractivity contribution in [2.45, 2.75) is 13.0 Å². The molecule has 0 aliphatic carbocycles. The van der Waals surface area contributed by atoms with Crippen LogP contribution >= 0.6 is 11.6 Å². The molecular formula is C17H14ClFN6O2. The molecule has 1 amide bonds. The summed E-state index contributed by atoms with van der Waals surface area (Å²) >= 11 is 6.38. The number of imidazole rings is 1. The van der Waals surface area contributed by atoms with Gasteiger partial charge in [-0.25, -0.2) is 9.37 Å². The van der Waals surface area contributed by atoms with E-state index in [9.17, 15) is 4.79 Å². The molecular weight excluding hydrogens is 375 g/mol. The maximum atomic E-state index is 15.1. The molecule has 0 bridgehead atoms. The molecule has 8 nitrogen and oxygen atoms in total. The number of nitrogens with one attached hydrogen (secondary N) is 2. The number of ether oxygens (including phenoxy) is 1. The molecule has 0 radical (unpaired) electrons. The third kappa shape index (κ3) is 2.71. The molecule has 3 heterocycles. The van der Waals surface area contributed by atoms with Crippen molar-refractivity contribution in [3.05, 3.63) is 41.2 Å². The van der Waals surface area contributed by atoms with Crippen molar-refractivity contribution in [1.29, 1.82) is 0 Å². The van der Waals surface area contributed by atoms with E-state index in [4.69, 9.17) is 16.3 Å². The third-order valence-corrected chi connectivity index (χ3v) is 4.75. The molecule has 2 N–H and O–H groups in total. The van der Waals surface area contributed by atoms with Gasteiger partial charge in [-0.05, 0) is 6.92 Å². The number of amides is 1. The minimum absolute atomic E-state index is 0.0685. The number of hydrogen-bond acceptors (Lipinski definition) is 5. The normalized spacial score (nSPS) is 12.6. The number of nitrogens with zero attached hydrogens (tertiary/aromatic N) is 4. The number of carbonyl (C=O) groups excluding carboxylic acids is 1. The Kier molecular flexibility index (Phi) is 4.25. The third-order valence-electron chi connectivity index (χ3n) is 4.39. The highest BCUT2D eigenvalue weighted by Gasteiger charge is 2.25. The van der Waals surface area contributed by atoms with Crippen LogP contribution in [-0.4, -0.2) is 38.1 Å². The van der Waals surface area contributed by atoms with E-state index in [0.717, 1.165) is 0 Å². The predicted octanol–water partition coefficient (Wildman–Crippen LogP) is 3.34. The molecule has 0 saturated heterocycles. The number of aromatic nitrogens is 5. The SMILES string of the molecule is COC(C)c1c(F)c(Cl)c(-c2cn3cc(NC=O)nc3cn2)c2cn[nH]c12. The number of methoxy groups -OCH3 is 1. The van der Waals surface area contributed by atoms with Crippen LogP contribution < -0.4 is 5.32 Å². The lowest BCUT2D eigenvalue weighted by atomic mass is 10.00. The second kappa shape index (κ2) is 6.60. The second-order valence-electron chi connectivity index (χ2n) is 5.88. The largest absolute Gasteiger partial charge is 0.377 e. The van der Waals surface area contributed by atoms with Crippen LogP contribution in [-0.2, 0) is 9.53 Å². The summed E-state index contributed by atoms with van der Waals surface area (Å²) in [6, 6.07) is 0. The van der Waals surface area contributed by atoms with Crippen molar-refractivity contribution in [1.82, 2.24) is 24.6 Å². The van der Waals surface area contributed by atoms with Crippen LogP contribution in [0.15, 0.2) is 24.8 Å². The van der Waals surface area contributed by atoms with Gasteiger partial charge in [0.2, 0.25) is 6.41 Å². The Balaban J connectivity index is 1.96. The Morgan fingerprint density at radius 3 is 2.96 bits per heavy atom. The van der Waals surface area contributed by atoms with E-state index < -0.39 is 11.9 Å². The zero-order valence-electron chi connectivity index (χ0n) is 14.3. The Morgan fingerprint density at radius 1 is 1.41 bits per heavy atom. The number of aromatic amines is 1. The van der Waals surface area contributed by atoms with Gasteiger partial charge in [0.1, 0.15) is 5.82 Å². The molecule has 4 rings (SSSR count). The van der Waals surface area contributed by atoms with Crippen LogP contribution in [0.2, 0.25) is 5.02 Å². The smallest absolute Gasteiger partial charge is 0.212 e. The van der Waals surface area contributed by atoms with Crippen molar-refractivity contribution >= 4 is 40.4 Å². The van der Waals surface area contributed by atoms with Crippen LogP contribution in [0.1, 0.15) is 18.6 Å². The first-order chi connectivity index (χ1) is 13.0. The summed E-state index contributed by atoms with van der Waals surface area (Å²) in [5, 5.41) is 9.88. The zero-order valence-corrected chi connectivity index (χ0v) is 15.1. The predicted molar refractivity (Wildman–Crippen MR) is 98.2 cm³/mol. The molecule has 0 fully saturated rings. The summed E-state index contributed by atoms with van der Waals surface area (Å²) < 4.78 is 22.0. The topological polar surface area (TPSA) is 97.2 Å². The minimum atomic E-state index is -0.589. The Bertz CT molecular complexity index is 1170. The molecule has 3 aromatic heterocycles. The van der Waals surface area contributed by atoms with Gasteiger partial charge in [-0.2, -0.15) is 5.10 Å². The average Bonchev–Trinajstić information content (AvgIpc) is 3.28. The first-order valence-electron chi connectivity index (χ1n) is 7.97. The van der Waals surface area contributed by atoms with Gasteiger partial charge in [0.05, 0.1) is 40.9 Å². The van der Waals surface area contributed by atoms with Gasteiger partial charge in [0.15, 0.2) is 11.5 Å². The number of fused-ring (bicyclic) bond motifs is 2. The van der Waals surface area contributed by atoms with Gasteiger partial charge in [0.25, 0.3) is 0 Å². The van der Waals surface area contributed by atoms with Gasteiger partial charge < -0.3 is 14.5 Å². The van der Waals surface area contributed by atoms with Crippen LogP contribution in [0, 0.1) is 5.82 Å². The lowest BCUT2D eigenvalue weighted by Crippen LogP contribution is -2.03. The average molecular weight is 389 g/mol. The molecule has 0 saturated carbocycles. The molecule has 0 aliphatic rings. The number of carbonyl (C=O) groups is 1. The van der Waals surface area contributed by atoms with Gasteiger partial charge in [-0.1, -0.05) is 11.6 Å². The summed E-state index contributed by atoms with van der Waals surface area (Å²) in [4.78, 5) is 19.1. The van der Waals surface area contributed by atoms with E-state index in [1.807, 2.05) is 0 Å². The van der Waals surface area contributed by atoms with Gasteiger partial charge in [0, 0.05) is 29.8 Å². The standard InChI is InChI=1S/C17H14ClFN6O2/c1-8(27-2)13-16(19)15(18)14(9-3-22-24-17(9)13)10-5-25-6-11(21-7-26)23-12(25)4-20-10/h3-8H,1-2H3,(H,21,26)(H,22,24). The lowest BCUT2D eigenvalue weighted by Gasteiger charge is -2.16. The monoisotopic (exact) mass is 388 g/mol. The molecule has 1 atom stereocenters. The fourth-order valence-corrected chi connectivity index (χ4v) is 3.35. The molecule has 1 unspecified atom stereocenters. The lowest BCUT2D eigenvalue weighted by molar-refractivity contribution is -0.105. The van der Waals surface area contributed by atoms with E-state index in [0.29, 0.717) is 45.6 Å². The highest BCUT2D eigenvalue weighted by atomic mass is 35.5. The van der Waals surface area contributed by atoms with E-state index in [2.05, 4.69) is 25.5 Å². The fraction of sp³-hybridized carbons (Fsp3) is 0.176. The van der Waals surface area contributed by atoms with E-state index >= 15 is 4.39 Å². The number of rotatable bonds is 5.